The number of hydrogen-bond acceptors (Lipinski definition) is 4. The van der Waals surface area contributed by atoms with Gasteiger partial charge >= 0.3 is 6.18 Å². The molecule has 0 radical (unpaired) electrons. The third-order valence-corrected chi connectivity index (χ3v) is 3.85. The lowest BCUT2D eigenvalue weighted by atomic mass is 10.1. The fourth-order valence-electron chi connectivity index (χ4n) is 2.48. The fraction of sp³-hybridized carbons (Fsp3) is 0.500. The summed E-state index contributed by atoms with van der Waals surface area (Å²) in [4.78, 5) is 27.3. The summed E-state index contributed by atoms with van der Waals surface area (Å²) in [5.41, 5.74) is 0.539. The second-order valence-electron chi connectivity index (χ2n) is 5.69. The van der Waals surface area contributed by atoms with Crippen LogP contribution in [0.3, 0.4) is 0 Å². The molecule has 2 rings (SSSR count). The third kappa shape index (κ3) is 5.93. The summed E-state index contributed by atoms with van der Waals surface area (Å²) in [6, 6.07) is 6.76. The lowest BCUT2D eigenvalue weighted by Crippen LogP contribution is -2.51. The van der Waals surface area contributed by atoms with Crippen molar-refractivity contribution >= 4 is 11.8 Å². The lowest BCUT2D eigenvalue weighted by molar-refractivity contribution is -0.139. The maximum Gasteiger partial charge on any atom is 0.405 e. The second-order valence-corrected chi connectivity index (χ2v) is 5.69. The minimum atomic E-state index is -4.42. The first-order valence-corrected chi connectivity index (χ1v) is 7.77. The van der Waals surface area contributed by atoms with Crippen molar-refractivity contribution in [2.45, 2.75) is 6.18 Å². The zero-order valence-electron chi connectivity index (χ0n) is 13.8. The molecule has 138 valence electrons. The molecule has 0 atom stereocenters. The van der Waals surface area contributed by atoms with E-state index in [9.17, 15) is 22.8 Å². The van der Waals surface area contributed by atoms with Crippen LogP contribution < -0.4 is 10.1 Å². The summed E-state index contributed by atoms with van der Waals surface area (Å²) in [6.45, 7) is 0.250. The number of hydrogen-bond donors (Lipinski definition) is 1. The van der Waals surface area contributed by atoms with Crippen LogP contribution in [0.2, 0.25) is 0 Å². The average Bonchev–Trinajstić information content (AvgIpc) is 2.59. The molecule has 2 amide bonds. The summed E-state index contributed by atoms with van der Waals surface area (Å²) in [7, 11) is 1.54. The lowest BCUT2D eigenvalue weighted by Gasteiger charge is -2.34. The van der Waals surface area contributed by atoms with Gasteiger partial charge in [0.15, 0.2) is 0 Å². The van der Waals surface area contributed by atoms with Gasteiger partial charge in [-0.2, -0.15) is 13.2 Å². The van der Waals surface area contributed by atoms with Crippen LogP contribution >= 0.6 is 0 Å². The molecule has 1 heterocycles. The SMILES string of the molecule is COc1ccc(C(=O)N2CCN(CC(=O)NCC(F)(F)F)CC2)cc1. The van der Waals surface area contributed by atoms with E-state index in [4.69, 9.17) is 4.74 Å². The van der Waals surface area contributed by atoms with Crippen molar-refractivity contribution in [3.05, 3.63) is 29.8 Å². The van der Waals surface area contributed by atoms with Gasteiger partial charge in [0.1, 0.15) is 12.3 Å². The van der Waals surface area contributed by atoms with E-state index in [0.717, 1.165) is 0 Å². The number of ether oxygens (including phenoxy) is 1. The molecule has 1 fully saturated rings. The number of halogens is 3. The van der Waals surface area contributed by atoms with E-state index in [-0.39, 0.29) is 12.5 Å². The van der Waals surface area contributed by atoms with Gasteiger partial charge in [0.05, 0.1) is 13.7 Å². The molecule has 0 bridgehead atoms. The first-order chi connectivity index (χ1) is 11.8. The van der Waals surface area contributed by atoms with Gasteiger partial charge < -0.3 is 15.0 Å². The van der Waals surface area contributed by atoms with E-state index >= 15 is 0 Å². The highest BCUT2D eigenvalue weighted by atomic mass is 19.4. The highest BCUT2D eigenvalue weighted by Crippen LogP contribution is 2.14. The van der Waals surface area contributed by atoms with E-state index < -0.39 is 18.6 Å². The Hall–Kier alpha value is -2.29. The van der Waals surface area contributed by atoms with E-state index in [1.54, 1.807) is 41.2 Å². The first-order valence-electron chi connectivity index (χ1n) is 7.77. The minimum Gasteiger partial charge on any atom is -0.497 e. The molecule has 25 heavy (non-hydrogen) atoms. The van der Waals surface area contributed by atoms with Crippen LogP contribution in [0.1, 0.15) is 10.4 Å². The standard InChI is InChI=1S/C16H20F3N3O3/c1-25-13-4-2-12(3-5-13)15(24)22-8-6-21(7-9-22)10-14(23)20-11-16(17,18)19/h2-5H,6-11H2,1H3,(H,20,23). The van der Waals surface area contributed by atoms with Crippen molar-refractivity contribution < 1.29 is 27.5 Å². The van der Waals surface area contributed by atoms with Gasteiger partial charge in [-0.05, 0) is 24.3 Å². The van der Waals surface area contributed by atoms with E-state index in [0.29, 0.717) is 37.5 Å². The number of alkyl halides is 3. The smallest absolute Gasteiger partial charge is 0.405 e. The molecule has 1 saturated heterocycles. The Kier molecular flexibility index (Phi) is 6.24. The molecule has 0 spiro atoms. The van der Waals surface area contributed by atoms with Crippen molar-refractivity contribution in [2.75, 3.05) is 46.4 Å². The van der Waals surface area contributed by atoms with Crippen molar-refractivity contribution in [3.8, 4) is 5.75 Å². The minimum absolute atomic E-state index is 0.110. The second kappa shape index (κ2) is 8.19. The van der Waals surface area contributed by atoms with Crippen LogP contribution in [0.25, 0.3) is 0 Å². The Balaban J connectivity index is 1.78. The Morgan fingerprint density at radius 2 is 1.72 bits per heavy atom. The molecular weight excluding hydrogens is 339 g/mol. The normalized spacial score (nSPS) is 15.8. The topological polar surface area (TPSA) is 61.9 Å². The summed E-state index contributed by atoms with van der Waals surface area (Å²) in [5, 5.41) is 1.84. The van der Waals surface area contributed by atoms with Crippen molar-refractivity contribution in [1.29, 1.82) is 0 Å². The van der Waals surface area contributed by atoms with Gasteiger partial charge in [-0.3, -0.25) is 14.5 Å². The number of methoxy groups -OCH3 is 1. The number of rotatable bonds is 5. The van der Waals surface area contributed by atoms with Gasteiger partial charge in [-0.15, -0.1) is 0 Å². The largest absolute Gasteiger partial charge is 0.497 e. The number of nitrogens with zero attached hydrogens (tertiary/aromatic N) is 2. The van der Waals surface area contributed by atoms with Crippen molar-refractivity contribution in [1.82, 2.24) is 15.1 Å². The number of benzene rings is 1. The summed E-state index contributed by atoms with van der Waals surface area (Å²) in [6.07, 6.45) is -4.42. The van der Waals surface area contributed by atoms with Gasteiger partial charge in [-0.1, -0.05) is 0 Å². The highest BCUT2D eigenvalue weighted by molar-refractivity contribution is 5.94. The molecule has 0 saturated carbocycles. The van der Waals surface area contributed by atoms with Crippen LogP contribution in [0.5, 0.6) is 5.75 Å². The molecule has 6 nitrogen and oxygen atoms in total. The molecule has 1 aromatic carbocycles. The van der Waals surface area contributed by atoms with E-state index in [2.05, 4.69) is 0 Å². The predicted octanol–water partition coefficient (Wildman–Crippen LogP) is 1.13. The maximum absolute atomic E-state index is 12.4. The number of nitrogens with one attached hydrogen (secondary N) is 1. The molecule has 0 unspecified atom stereocenters. The molecule has 0 aliphatic carbocycles. The zero-order chi connectivity index (χ0) is 18.4. The van der Waals surface area contributed by atoms with Gasteiger partial charge in [0, 0.05) is 31.7 Å². The van der Waals surface area contributed by atoms with Crippen molar-refractivity contribution in [3.63, 3.8) is 0 Å². The number of carbonyl (C=O) groups excluding carboxylic acids is 2. The Morgan fingerprint density at radius 1 is 1.12 bits per heavy atom. The molecule has 0 aromatic heterocycles. The summed E-state index contributed by atoms with van der Waals surface area (Å²) < 4.78 is 41.2. The third-order valence-electron chi connectivity index (χ3n) is 3.85. The number of carbonyl (C=O) groups is 2. The molecule has 1 N–H and O–H groups in total. The van der Waals surface area contributed by atoms with Gasteiger partial charge in [0.2, 0.25) is 5.91 Å². The molecule has 1 aliphatic heterocycles. The number of piperazine rings is 1. The van der Waals surface area contributed by atoms with Crippen LogP contribution in [-0.4, -0.2) is 74.2 Å². The quantitative estimate of drug-likeness (QED) is 0.856. The van der Waals surface area contributed by atoms with Crippen LogP contribution in [0.15, 0.2) is 24.3 Å². The molecule has 9 heteroatoms. The molecule has 1 aromatic rings. The van der Waals surface area contributed by atoms with E-state index in [1.807, 2.05) is 5.32 Å². The Morgan fingerprint density at radius 3 is 2.24 bits per heavy atom. The highest BCUT2D eigenvalue weighted by Gasteiger charge is 2.28. The van der Waals surface area contributed by atoms with Gasteiger partial charge in [-0.25, -0.2) is 0 Å². The van der Waals surface area contributed by atoms with Crippen LogP contribution in [-0.2, 0) is 4.79 Å². The Labute approximate surface area is 143 Å². The monoisotopic (exact) mass is 359 g/mol. The average molecular weight is 359 g/mol. The molecular formula is C16H20F3N3O3. The van der Waals surface area contributed by atoms with E-state index in [1.165, 1.54) is 0 Å². The van der Waals surface area contributed by atoms with Crippen LogP contribution in [0, 0.1) is 0 Å². The first kappa shape index (κ1) is 19.0. The fourth-order valence-corrected chi connectivity index (χ4v) is 2.48. The summed E-state index contributed by atoms with van der Waals surface area (Å²) in [5.74, 6) is -0.137. The van der Waals surface area contributed by atoms with Crippen LogP contribution in [0.4, 0.5) is 13.2 Å². The number of amides is 2. The van der Waals surface area contributed by atoms with Crippen molar-refractivity contribution in [2.24, 2.45) is 0 Å². The predicted molar refractivity (Wildman–Crippen MR) is 84.4 cm³/mol. The van der Waals surface area contributed by atoms with Gasteiger partial charge in [0.25, 0.3) is 5.91 Å². The molecule has 1 aliphatic rings. The zero-order valence-corrected chi connectivity index (χ0v) is 13.8. The maximum atomic E-state index is 12.4. The summed E-state index contributed by atoms with van der Waals surface area (Å²) >= 11 is 0. The Bertz CT molecular complexity index is 597.